The molecule has 1 aromatic carbocycles. The van der Waals surface area contributed by atoms with Crippen LogP contribution in [-0.2, 0) is 11.3 Å². The molecule has 1 fully saturated rings. The minimum absolute atomic E-state index is 0.239. The maximum atomic E-state index is 11.9. The van der Waals surface area contributed by atoms with Gasteiger partial charge in [0.1, 0.15) is 0 Å². The monoisotopic (exact) mass is 266 g/mol. The Labute approximate surface area is 113 Å². The second-order valence-corrected chi connectivity index (χ2v) is 5.41. The van der Waals surface area contributed by atoms with E-state index in [1.807, 2.05) is 17.0 Å². The van der Waals surface area contributed by atoms with Gasteiger partial charge >= 0.3 is 0 Å². The van der Waals surface area contributed by atoms with E-state index in [2.05, 4.69) is 6.92 Å². The molecule has 1 amide bonds. The molecule has 1 aromatic rings. The molecule has 1 atom stereocenters. The fourth-order valence-electron chi connectivity index (χ4n) is 2.52. The zero-order valence-electron chi connectivity index (χ0n) is 10.7. The lowest BCUT2D eigenvalue weighted by Crippen LogP contribution is -2.25. The lowest BCUT2D eigenvalue weighted by molar-refractivity contribution is -0.128. The summed E-state index contributed by atoms with van der Waals surface area (Å²) in [6, 6.07) is 5.45. The largest absolute Gasteiger partial charge is 0.398 e. The van der Waals surface area contributed by atoms with Crippen molar-refractivity contribution in [3.05, 3.63) is 28.8 Å². The number of anilines is 1. The van der Waals surface area contributed by atoms with Gasteiger partial charge in [-0.3, -0.25) is 4.79 Å². The highest BCUT2D eigenvalue weighted by molar-refractivity contribution is 6.30. The van der Waals surface area contributed by atoms with E-state index in [-0.39, 0.29) is 5.91 Å². The van der Waals surface area contributed by atoms with Gasteiger partial charge in [0, 0.05) is 30.2 Å². The van der Waals surface area contributed by atoms with E-state index in [4.69, 9.17) is 17.3 Å². The number of hydrogen-bond donors (Lipinski definition) is 1. The summed E-state index contributed by atoms with van der Waals surface area (Å²) in [4.78, 5) is 13.8. The fourth-order valence-corrected chi connectivity index (χ4v) is 2.70. The van der Waals surface area contributed by atoms with E-state index in [0.29, 0.717) is 29.6 Å². The first kappa shape index (κ1) is 13.2. The minimum Gasteiger partial charge on any atom is -0.398 e. The van der Waals surface area contributed by atoms with Crippen molar-refractivity contribution < 1.29 is 4.79 Å². The van der Waals surface area contributed by atoms with Gasteiger partial charge < -0.3 is 10.6 Å². The Balaban J connectivity index is 2.03. The van der Waals surface area contributed by atoms with Crippen molar-refractivity contribution >= 4 is 23.2 Å². The van der Waals surface area contributed by atoms with Gasteiger partial charge in [0.05, 0.1) is 0 Å². The van der Waals surface area contributed by atoms with Crippen LogP contribution in [0.4, 0.5) is 5.69 Å². The van der Waals surface area contributed by atoms with Crippen molar-refractivity contribution in [2.24, 2.45) is 5.92 Å². The highest BCUT2D eigenvalue weighted by atomic mass is 35.5. The third-order valence-electron chi connectivity index (χ3n) is 3.46. The van der Waals surface area contributed by atoms with Crippen LogP contribution in [0.5, 0.6) is 0 Å². The molecule has 0 aliphatic carbocycles. The zero-order valence-corrected chi connectivity index (χ0v) is 11.4. The molecule has 0 radical (unpaired) electrons. The molecule has 18 heavy (non-hydrogen) atoms. The van der Waals surface area contributed by atoms with Crippen LogP contribution in [0, 0.1) is 5.92 Å². The van der Waals surface area contributed by atoms with E-state index in [1.165, 1.54) is 0 Å². The van der Waals surface area contributed by atoms with Crippen LogP contribution in [0.15, 0.2) is 18.2 Å². The average molecular weight is 267 g/mol. The number of rotatable bonds is 4. The minimum atomic E-state index is 0.239. The van der Waals surface area contributed by atoms with E-state index >= 15 is 0 Å². The molecule has 2 N–H and O–H groups in total. The normalized spacial score (nSPS) is 19.6. The van der Waals surface area contributed by atoms with E-state index in [1.54, 1.807) is 6.07 Å². The van der Waals surface area contributed by atoms with Crippen LogP contribution in [0.3, 0.4) is 0 Å². The predicted molar refractivity (Wildman–Crippen MR) is 74.3 cm³/mol. The van der Waals surface area contributed by atoms with Gasteiger partial charge in [0.2, 0.25) is 5.91 Å². The Kier molecular flexibility index (Phi) is 4.12. The number of carbonyl (C=O) groups excluding carboxylic acids is 1. The molecule has 1 saturated heterocycles. The highest BCUT2D eigenvalue weighted by Crippen LogP contribution is 2.26. The van der Waals surface area contributed by atoms with Crippen molar-refractivity contribution in [3.8, 4) is 0 Å². The van der Waals surface area contributed by atoms with Crippen LogP contribution in [0.2, 0.25) is 5.02 Å². The van der Waals surface area contributed by atoms with Gasteiger partial charge in [-0.15, -0.1) is 0 Å². The van der Waals surface area contributed by atoms with Gasteiger partial charge in [0.15, 0.2) is 0 Å². The summed E-state index contributed by atoms with van der Waals surface area (Å²) in [5.41, 5.74) is 7.55. The maximum Gasteiger partial charge on any atom is 0.223 e. The molecule has 1 aliphatic heterocycles. The molecular weight excluding hydrogens is 248 g/mol. The second-order valence-electron chi connectivity index (χ2n) is 4.98. The predicted octanol–water partition coefficient (Wildman–Crippen LogP) is 3.07. The molecule has 4 heteroatoms. The molecule has 0 aromatic heterocycles. The Bertz CT molecular complexity index is 447. The maximum absolute atomic E-state index is 11.9. The first-order valence-corrected chi connectivity index (χ1v) is 6.79. The summed E-state index contributed by atoms with van der Waals surface area (Å²) in [5.74, 6) is 0.749. The summed E-state index contributed by atoms with van der Waals surface area (Å²) in [7, 11) is 0. The number of carbonyl (C=O) groups is 1. The first-order valence-electron chi connectivity index (χ1n) is 6.41. The molecular formula is C14H19ClN2O. The van der Waals surface area contributed by atoms with Crippen molar-refractivity contribution in [1.82, 2.24) is 4.90 Å². The lowest BCUT2D eigenvalue weighted by atomic mass is 10.0. The quantitative estimate of drug-likeness (QED) is 0.852. The van der Waals surface area contributed by atoms with Crippen molar-refractivity contribution in [2.45, 2.75) is 32.7 Å². The van der Waals surface area contributed by atoms with E-state index in [0.717, 1.165) is 24.9 Å². The van der Waals surface area contributed by atoms with Gasteiger partial charge in [0.25, 0.3) is 0 Å². The van der Waals surface area contributed by atoms with Crippen LogP contribution < -0.4 is 5.73 Å². The smallest absolute Gasteiger partial charge is 0.223 e. The van der Waals surface area contributed by atoms with E-state index < -0.39 is 0 Å². The number of nitrogens with zero attached hydrogens (tertiary/aromatic N) is 1. The molecule has 0 bridgehead atoms. The number of amides is 1. The van der Waals surface area contributed by atoms with E-state index in [9.17, 15) is 4.79 Å². The molecule has 1 heterocycles. The van der Waals surface area contributed by atoms with Crippen LogP contribution in [0.1, 0.15) is 31.7 Å². The molecule has 0 saturated carbocycles. The lowest BCUT2D eigenvalue weighted by Gasteiger charge is -2.18. The number of likely N-dealkylation sites (tertiary alicyclic amines) is 1. The first-order chi connectivity index (χ1) is 8.60. The fraction of sp³-hybridized carbons (Fsp3) is 0.500. The zero-order chi connectivity index (χ0) is 13.1. The Morgan fingerprint density at radius 2 is 2.28 bits per heavy atom. The summed E-state index contributed by atoms with van der Waals surface area (Å²) in [5, 5.41) is 0.632. The Hall–Kier alpha value is -1.22. The van der Waals surface area contributed by atoms with Crippen molar-refractivity contribution in [3.63, 3.8) is 0 Å². The molecule has 3 nitrogen and oxygen atoms in total. The summed E-state index contributed by atoms with van der Waals surface area (Å²) in [6.07, 6.45) is 2.94. The number of nitrogen functional groups attached to an aromatic ring is 1. The molecule has 0 spiro atoms. The van der Waals surface area contributed by atoms with Gasteiger partial charge in [-0.2, -0.15) is 0 Å². The SMILES string of the molecule is CCCC1CC(=O)N(Cc2ccc(Cl)cc2N)C1. The topological polar surface area (TPSA) is 46.3 Å². The third-order valence-corrected chi connectivity index (χ3v) is 3.70. The number of halogens is 1. The standard InChI is InChI=1S/C14H19ClN2O/c1-2-3-10-6-14(18)17(8-10)9-11-4-5-12(15)7-13(11)16/h4-5,7,10H,2-3,6,8-9,16H2,1H3. The molecule has 98 valence electrons. The molecule has 2 rings (SSSR count). The summed E-state index contributed by atoms with van der Waals surface area (Å²) >= 11 is 5.87. The van der Waals surface area contributed by atoms with Gasteiger partial charge in [-0.25, -0.2) is 0 Å². The van der Waals surface area contributed by atoms with Crippen LogP contribution in [0.25, 0.3) is 0 Å². The number of nitrogens with two attached hydrogens (primary N) is 1. The average Bonchev–Trinajstić information content (AvgIpc) is 2.64. The van der Waals surface area contributed by atoms with Crippen molar-refractivity contribution in [2.75, 3.05) is 12.3 Å². The highest BCUT2D eigenvalue weighted by Gasteiger charge is 2.28. The second kappa shape index (κ2) is 5.61. The van der Waals surface area contributed by atoms with Crippen LogP contribution >= 0.6 is 11.6 Å². The molecule has 1 unspecified atom stereocenters. The Morgan fingerprint density at radius 1 is 1.50 bits per heavy atom. The van der Waals surface area contributed by atoms with Gasteiger partial charge in [-0.05, 0) is 30.0 Å². The molecule has 1 aliphatic rings. The number of benzene rings is 1. The number of hydrogen-bond acceptors (Lipinski definition) is 2. The summed E-state index contributed by atoms with van der Waals surface area (Å²) in [6.45, 7) is 3.61. The van der Waals surface area contributed by atoms with Crippen LogP contribution in [-0.4, -0.2) is 17.4 Å². The third kappa shape index (κ3) is 2.96. The van der Waals surface area contributed by atoms with Gasteiger partial charge in [-0.1, -0.05) is 31.0 Å². The van der Waals surface area contributed by atoms with Crippen molar-refractivity contribution in [1.29, 1.82) is 0 Å². The Morgan fingerprint density at radius 3 is 2.94 bits per heavy atom. The summed E-state index contributed by atoms with van der Waals surface area (Å²) < 4.78 is 0.